The van der Waals surface area contributed by atoms with Crippen molar-refractivity contribution < 1.29 is 4.79 Å². The summed E-state index contributed by atoms with van der Waals surface area (Å²) < 4.78 is 3.03. The molecule has 2 aromatic heterocycles. The lowest BCUT2D eigenvalue weighted by Gasteiger charge is -1.98. The van der Waals surface area contributed by atoms with Gasteiger partial charge in [0, 0.05) is 24.1 Å². The first-order chi connectivity index (χ1) is 8.74. The zero-order valence-corrected chi connectivity index (χ0v) is 10.8. The fourth-order valence-corrected chi connectivity index (χ4v) is 2.92. The zero-order chi connectivity index (χ0) is 12.5. The summed E-state index contributed by atoms with van der Waals surface area (Å²) in [6, 6.07) is 10.0. The highest BCUT2D eigenvalue weighted by Crippen LogP contribution is 2.26. The van der Waals surface area contributed by atoms with Crippen molar-refractivity contribution >= 4 is 27.2 Å². The number of fused-ring (bicyclic) bond motifs is 1. The van der Waals surface area contributed by atoms with Gasteiger partial charge in [-0.05, 0) is 17.5 Å². The van der Waals surface area contributed by atoms with Crippen LogP contribution in [0.1, 0.15) is 15.5 Å². The van der Waals surface area contributed by atoms with Crippen LogP contribution in [-0.2, 0) is 13.5 Å². The Kier molecular flexibility index (Phi) is 2.72. The Morgan fingerprint density at radius 1 is 1.39 bits per heavy atom. The molecular formula is C14H12N2OS. The van der Waals surface area contributed by atoms with Crippen molar-refractivity contribution in [1.82, 2.24) is 9.55 Å². The highest BCUT2D eigenvalue weighted by Gasteiger charge is 2.13. The van der Waals surface area contributed by atoms with Crippen molar-refractivity contribution in [3.05, 3.63) is 53.4 Å². The standard InChI is InChI=1S/C14H12N2OS/c1-16-7-6-15-14(16)9-11(17)13-8-10-4-2-3-5-12(10)18-13/h2-8H,9H2,1H3. The highest BCUT2D eigenvalue weighted by molar-refractivity contribution is 7.20. The van der Waals surface area contributed by atoms with E-state index in [1.54, 1.807) is 17.5 Å². The van der Waals surface area contributed by atoms with Crippen molar-refractivity contribution in [3.63, 3.8) is 0 Å². The number of rotatable bonds is 3. The molecule has 1 aromatic carbocycles. The van der Waals surface area contributed by atoms with E-state index in [9.17, 15) is 4.79 Å². The Morgan fingerprint density at radius 2 is 2.22 bits per heavy atom. The molecule has 90 valence electrons. The van der Waals surface area contributed by atoms with Crippen molar-refractivity contribution in [2.24, 2.45) is 7.05 Å². The molecule has 0 aliphatic rings. The maximum Gasteiger partial charge on any atom is 0.180 e. The van der Waals surface area contributed by atoms with Gasteiger partial charge in [-0.2, -0.15) is 0 Å². The molecule has 0 aliphatic heterocycles. The maximum atomic E-state index is 12.2. The van der Waals surface area contributed by atoms with Crippen LogP contribution in [0.5, 0.6) is 0 Å². The number of hydrogen-bond donors (Lipinski definition) is 0. The number of hydrogen-bond acceptors (Lipinski definition) is 3. The van der Waals surface area contributed by atoms with Gasteiger partial charge in [-0.25, -0.2) is 4.98 Å². The molecule has 0 aliphatic carbocycles. The van der Waals surface area contributed by atoms with E-state index in [-0.39, 0.29) is 5.78 Å². The molecule has 0 radical (unpaired) electrons. The van der Waals surface area contributed by atoms with Crippen molar-refractivity contribution in [1.29, 1.82) is 0 Å². The van der Waals surface area contributed by atoms with E-state index in [2.05, 4.69) is 4.98 Å². The molecule has 0 fully saturated rings. The Bertz CT molecular complexity index is 678. The number of thiophene rings is 1. The van der Waals surface area contributed by atoms with Gasteiger partial charge in [0.15, 0.2) is 5.78 Å². The number of aryl methyl sites for hydroxylation is 1. The fourth-order valence-electron chi connectivity index (χ4n) is 1.92. The van der Waals surface area contributed by atoms with Crippen LogP contribution in [0.4, 0.5) is 0 Å². The number of nitrogens with zero attached hydrogens (tertiary/aromatic N) is 2. The minimum absolute atomic E-state index is 0.130. The Morgan fingerprint density at radius 3 is 2.94 bits per heavy atom. The third-order valence-corrected chi connectivity index (χ3v) is 4.10. The van der Waals surface area contributed by atoms with Crippen LogP contribution < -0.4 is 0 Å². The SMILES string of the molecule is Cn1ccnc1CC(=O)c1cc2ccccc2s1. The summed E-state index contributed by atoms with van der Waals surface area (Å²) >= 11 is 1.55. The molecule has 4 heteroatoms. The van der Waals surface area contributed by atoms with Crippen LogP contribution in [0.3, 0.4) is 0 Å². The smallest absolute Gasteiger partial charge is 0.180 e. The number of carbonyl (C=O) groups is 1. The molecule has 0 amide bonds. The molecule has 3 nitrogen and oxygen atoms in total. The molecule has 0 saturated heterocycles. The quantitative estimate of drug-likeness (QED) is 0.675. The van der Waals surface area contributed by atoms with Crippen molar-refractivity contribution in [3.8, 4) is 0 Å². The third kappa shape index (κ3) is 1.95. The second-order valence-corrected chi connectivity index (χ2v) is 5.29. The monoisotopic (exact) mass is 256 g/mol. The normalized spacial score (nSPS) is 10.9. The van der Waals surface area contributed by atoms with Gasteiger partial charge in [0.2, 0.25) is 0 Å². The number of benzene rings is 1. The largest absolute Gasteiger partial charge is 0.338 e. The van der Waals surface area contributed by atoms with Gasteiger partial charge in [-0.15, -0.1) is 11.3 Å². The lowest BCUT2D eigenvalue weighted by Crippen LogP contribution is -2.06. The summed E-state index contributed by atoms with van der Waals surface area (Å²) in [6.45, 7) is 0. The lowest BCUT2D eigenvalue weighted by atomic mass is 10.2. The van der Waals surface area contributed by atoms with E-state index >= 15 is 0 Å². The minimum atomic E-state index is 0.130. The average Bonchev–Trinajstić information content (AvgIpc) is 2.96. The maximum absolute atomic E-state index is 12.2. The lowest BCUT2D eigenvalue weighted by molar-refractivity contribution is 0.0994. The van der Waals surface area contributed by atoms with Crippen LogP contribution >= 0.6 is 11.3 Å². The molecule has 2 heterocycles. The molecule has 0 unspecified atom stereocenters. The van der Waals surface area contributed by atoms with Gasteiger partial charge in [-0.1, -0.05) is 18.2 Å². The van der Waals surface area contributed by atoms with Gasteiger partial charge in [0.25, 0.3) is 0 Å². The van der Waals surface area contributed by atoms with Crippen molar-refractivity contribution in [2.75, 3.05) is 0 Å². The first-order valence-corrected chi connectivity index (χ1v) is 6.53. The molecule has 3 aromatic rings. The molecule has 0 saturated carbocycles. The van der Waals surface area contributed by atoms with Crippen LogP contribution in [0.15, 0.2) is 42.7 Å². The third-order valence-electron chi connectivity index (χ3n) is 2.94. The van der Waals surface area contributed by atoms with Crippen LogP contribution in [0.25, 0.3) is 10.1 Å². The average molecular weight is 256 g/mol. The number of imidazole rings is 1. The van der Waals surface area contributed by atoms with Crippen molar-refractivity contribution in [2.45, 2.75) is 6.42 Å². The Labute approximate surface area is 109 Å². The Balaban J connectivity index is 1.90. The molecule has 0 N–H and O–H groups in total. The van der Waals surface area contributed by atoms with E-state index < -0.39 is 0 Å². The molecule has 0 spiro atoms. The van der Waals surface area contributed by atoms with Crippen LogP contribution in [0, 0.1) is 0 Å². The van der Waals surface area contributed by atoms with E-state index in [1.165, 1.54) is 0 Å². The van der Waals surface area contributed by atoms with Crippen LogP contribution in [-0.4, -0.2) is 15.3 Å². The zero-order valence-electron chi connectivity index (χ0n) is 9.96. The summed E-state index contributed by atoms with van der Waals surface area (Å²) in [4.78, 5) is 17.2. The summed E-state index contributed by atoms with van der Waals surface area (Å²) in [5.41, 5.74) is 0. The molecule has 3 rings (SSSR count). The van der Waals surface area contributed by atoms with E-state index in [0.29, 0.717) is 6.42 Å². The van der Waals surface area contributed by atoms with Gasteiger partial charge < -0.3 is 4.57 Å². The summed E-state index contributed by atoms with van der Waals surface area (Å²) in [5.74, 6) is 0.933. The van der Waals surface area contributed by atoms with Gasteiger partial charge in [0.05, 0.1) is 11.3 Å². The first-order valence-electron chi connectivity index (χ1n) is 5.72. The van der Waals surface area contributed by atoms with E-state index in [1.807, 2.05) is 48.1 Å². The second kappa shape index (κ2) is 4.38. The summed E-state index contributed by atoms with van der Waals surface area (Å²) in [5, 5.41) is 1.13. The fraction of sp³-hybridized carbons (Fsp3) is 0.143. The van der Waals surface area contributed by atoms with Gasteiger partial charge in [0.1, 0.15) is 5.82 Å². The second-order valence-electron chi connectivity index (χ2n) is 4.20. The van der Waals surface area contributed by atoms with Crippen LogP contribution in [0.2, 0.25) is 0 Å². The predicted molar refractivity (Wildman–Crippen MR) is 73.1 cm³/mol. The summed E-state index contributed by atoms with van der Waals surface area (Å²) in [7, 11) is 1.90. The number of Topliss-reactive ketones (excluding diaryl/α,β-unsaturated/α-hetero) is 1. The Hall–Kier alpha value is -1.94. The molecule has 18 heavy (non-hydrogen) atoms. The minimum Gasteiger partial charge on any atom is -0.338 e. The number of ketones is 1. The topological polar surface area (TPSA) is 34.9 Å². The predicted octanol–water partition coefficient (Wildman–Crippen LogP) is 3.06. The van der Waals surface area contributed by atoms with E-state index in [4.69, 9.17) is 0 Å². The highest BCUT2D eigenvalue weighted by atomic mass is 32.1. The van der Waals surface area contributed by atoms with E-state index in [0.717, 1.165) is 20.8 Å². The number of carbonyl (C=O) groups excluding carboxylic acids is 1. The first kappa shape index (κ1) is 11.2. The molecular weight excluding hydrogens is 244 g/mol. The number of aromatic nitrogens is 2. The molecule has 0 atom stereocenters. The molecule has 0 bridgehead atoms. The van der Waals surface area contributed by atoms with Gasteiger partial charge in [-0.3, -0.25) is 4.79 Å². The summed E-state index contributed by atoms with van der Waals surface area (Å²) in [6.07, 6.45) is 3.93. The van der Waals surface area contributed by atoms with Gasteiger partial charge >= 0.3 is 0 Å².